The van der Waals surface area contributed by atoms with Gasteiger partial charge in [0.15, 0.2) is 5.78 Å². The number of carbonyl (C=O) groups is 1. The van der Waals surface area contributed by atoms with Crippen LogP contribution in [0.2, 0.25) is 0 Å². The minimum atomic E-state index is -4.56. The third-order valence-corrected chi connectivity index (χ3v) is 4.14. The molecule has 0 fully saturated rings. The molecule has 1 aliphatic rings. The molecular formula is C19H14F4O2. The zero-order valence-electron chi connectivity index (χ0n) is 13.3. The molecule has 130 valence electrons. The molecule has 0 unspecified atom stereocenters. The van der Waals surface area contributed by atoms with Gasteiger partial charge in [0.2, 0.25) is 0 Å². The quantitative estimate of drug-likeness (QED) is 0.559. The lowest BCUT2D eigenvalue weighted by Crippen LogP contribution is -2.14. The molecule has 2 aromatic carbocycles. The van der Waals surface area contributed by atoms with Crippen LogP contribution in [0.1, 0.15) is 33.5 Å². The van der Waals surface area contributed by atoms with Crippen LogP contribution >= 0.6 is 0 Å². The first-order valence-electron chi connectivity index (χ1n) is 7.58. The van der Waals surface area contributed by atoms with E-state index in [1.54, 1.807) is 6.07 Å². The van der Waals surface area contributed by atoms with E-state index in [4.69, 9.17) is 4.74 Å². The van der Waals surface area contributed by atoms with E-state index >= 15 is 0 Å². The first-order valence-corrected chi connectivity index (χ1v) is 7.58. The lowest BCUT2D eigenvalue weighted by Gasteiger charge is -2.18. The average Bonchev–Trinajstić information content (AvgIpc) is 2.57. The summed E-state index contributed by atoms with van der Waals surface area (Å²) in [7, 11) is 1.17. The van der Waals surface area contributed by atoms with Crippen LogP contribution in [0, 0.1) is 5.82 Å². The predicted octanol–water partition coefficient (Wildman–Crippen LogP) is 5.07. The predicted molar refractivity (Wildman–Crippen MR) is 85.0 cm³/mol. The van der Waals surface area contributed by atoms with Crippen molar-refractivity contribution >= 4 is 11.9 Å². The van der Waals surface area contributed by atoms with Gasteiger partial charge in [-0.15, -0.1) is 0 Å². The van der Waals surface area contributed by atoms with Crippen molar-refractivity contribution in [2.45, 2.75) is 19.0 Å². The molecule has 0 aromatic heterocycles. The summed E-state index contributed by atoms with van der Waals surface area (Å²) in [5.74, 6) is -1.15. The molecule has 0 radical (unpaired) electrons. The van der Waals surface area contributed by atoms with E-state index in [0.29, 0.717) is 18.4 Å². The number of ketones is 1. The highest BCUT2D eigenvalue weighted by molar-refractivity contribution is 6.13. The van der Waals surface area contributed by atoms with E-state index in [-0.39, 0.29) is 22.7 Å². The summed E-state index contributed by atoms with van der Waals surface area (Å²) in [6, 6.07) is 7.64. The van der Waals surface area contributed by atoms with Crippen molar-refractivity contribution in [3.63, 3.8) is 0 Å². The van der Waals surface area contributed by atoms with Gasteiger partial charge in [-0.2, -0.15) is 13.2 Å². The van der Waals surface area contributed by atoms with Crippen molar-refractivity contribution in [2.24, 2.45) is 0 Å². The van der Waals surface area contributed by atoms with E-state index in [2.05, 4.69) is 0 Å². The van der Waals surface area contributed by atoms with Gasteiger partial charge in [-0.3, -0.25) is 4.79 Å². The Labute approximate surface area is 141 Å². The maximum absolute atomic E-state index is 13.4. The summed E-state index contributed by atoms with van der Waals surface area (Å²) in [5, 5.41) is 0. The molecule has 3 rings (SSSR count). The first kappa shape index (κ1) is 17.2. The Morgan fingerprint density at radius 1 is 1.08 bits per heavy atom. The topological polar surface area (TPSA) is 26.3 Å². The summed E-state index contributed by atoms with van der Waals surface area (Å²) >= 11 is 0. The number of aryl methyl sites for hydroxylation is 1. The summed E-state index contributed by atoms with van der Waals surface area (Å²) in [5.41, 5.74) is 0.711. The number of methoxy groups -OCH3 is 1. The van der Waals surface area contributed by atoms with Gasteiger partial charge >= 0.3 is 6.18 Å². The van der Waals surface area contributed by atoms with Crippen molar-refractivity contribution < 1.29 is 27.1 Å². The maximum Gasteiger partial charge on any atom is 0.419 e. The van der Waals surface area contributed by atoms with Gasteiger partial charge in [-0.1, -0.05) is 12.1 Å². The summed E-state index contributed by atoms with van der Waals surface area (Å²) in [6.45, 7) is 0. The highest BCUT2D eigenvalue weighted by atomic mass is 19.4. The van der Waals surface area contributed by atoms with Crippen LogP contribution in [0.15, 0.2) is 42.0 Å². The average molecular weight is 350 g/mol. The molecule has 0 heterocycles. The number of hydrogen-bond donors (Lipinski definition) is 0. The largest absolute Gasteiger partial charge is 0.496 e. The molecule has 0 aliphatic heterocycles. The number of alkyl halides is 3. The van der Waals surface area contributed by atoms with Crippen LogP contribution in [0.25, 0.3) is 6.08 Å². The number of fused-ring (bicyclic) bond motifs is 1. The second kappa shape index (κ2) is 6.35. The second-order valence-corrected chi connectivity index (χ2v) is 5.76. The number of halogens is 4. The van der Waals surface area contributed by atoms with Gasteiger partial charge in [0.25, 0.3) is 0 Å². The molecule has 0 spiro atoms. The van der Waals surface area contributed by atoms with Gasteiger partial charge in [-0.05, 0) is 54.3 Å². The van der Waals surface area contributed by atoms with Gasteiger partial charge in [0.05, 0.1) is 12.7 Å². The molecule has 0 N–H and O–H groups in total. The number of hydrogen-bond acceptors (Lipinski definition) is 2. The number of benzene rings is 2. The van der Waals surface area contributed by atoms with Crippen LogP contribution < -0.4 is 4.74 Å². The van der Waals surface area contributed by atoms with E-state index in [9.17, 15) is 22.4 Å². The fraction of sp³-hybridized carbons (Fsp3) is 0.211. The van der Waals surface area contributed by atoms with Crippen molar-refractivity contribution in [2.75, 3.05) is 7.11 Å². The van der Waals surface area contributed by atoms with Crippen LogP contribution in [0.5, 0.6) is 5.75 Å². The SMILES string of the molecule is COc1ccc(/C=C2\CCc3ccc(F)cc3C2=O)cc1C(F)(F)F. The molecule has 0 bridgehead atoms. The number of carbonyl (C=O) groups excluding carboxylic acids is 1. The zero-order chi connectivity index (χ0) is 18.2. The number of ether oxygens (including phenoxy) is 1. The molecule has 0 amide bonds. The number of Topliss-reactive ketones (excluding diaryl/α,β-unsaturated/α-hetero) is 1. The van der Waals surface area contributed by atoms with Crippen LogP contribution in [-0.2, 0) is 12.6 Å². The lowest BCUT2D eigenvalue weighted by molar-refractivity contribution is -0.138. The summed E-state index contributed by atoms with van der Waals surface area (Å²) < 4.78 is 57.4. The standard InChI is InChI=1S/C19H14F4O2/c1-25-17-7-2-11(9-16(17)19(21,22)23)8-13-4-3-12-5-6-14(20)10-15(12)18(13)24/h2,5-10H,3-4H2,1H3/b13-8+. The van der Waals surface area contributed by atoms with Gasteiger partial charge < -0.3 is 4.74 Å². The van der Waals surface area contributed by atoms with Crippen LogP contribution in [0.3, 0.4) is 0 Å². The third kappa shape index (κ3) is 3.43. The molecule has 25 heavy (non-hydrogen) atoms. The second-order valence-electron chi connectivity index (χ2n) is 5.76. The molecule has 1 aliphatic carbocycles. The monoisotopic (exact) mass is 350 g/mol. The maximum atomic E-state index is 13.4. The zero-order valence-corrected chi connectivity index (χ0v) is 13.3. The molecule has 0 atom stereocenters. The normalized spacial score (nSPS) is 16.0. The Morgan fingerprint density at radius 2 is 1.84 bits per heavy atom. The third-order valence-electron chi connectivity index (χ3n) is 4.14. The number of allylic oxidation sites excluding steroid dienone is 1. The first-order chi connectivity index (χ1) is 11.8. The van der Waals surface area contributed by atoms with E-state index in [0.717, 1.165) is 11.6 Å². The fourth-order valence-corrected chi connectivity index (χ4v) is 2.91. The molecular weight excluding hydrogens is 336 g/mol. The molecule has 2 aromatic rings. The fourth-order valence-electron chi connectivity index (χ4n) is 2.91. The van der Waals surface area contributed by atoms with Crippen molar-refractivity contribution in [3.8, 4) is 5.75 Å². The highest BCUT2D eigenvalue weighted by Gasteiger charge is 2.34. The Hall–Kier alpha value is -2.63. The highest BCUT2D eigenvalue weighted by Crippen LogP contribution is 2.37. The van der Waals surface area contributed by atoms with Crippen LogP contribution in [-0.4, -0.2) is 12.9 Å². The van der Waals surface area contributed by atoms with E-state index in [1.165, 1.54) is 37.5 Å². The van der Waals surface area contributed by atoms with E-state index in [1.807, 2.05) is 0 Å². The van der Waals surface area contributed by atoms with Gasteiger partial charge in [-0.25, -0.2) is 4.39 Å². The van der Waals surface area contributed by atoms with Crippen molar-refractivity contribution in [1.29, 1.82) is 0 Å². The summed E-state index contributed by atoms with van der Waals surface area (Å²) in [4.78, 5) is 12.5. The molecule has 0 saturated heterocycles. The molecule has 2 nitrogen and oxygen atoms in total. The Kier molecular flexibility index (Phi) is 4.37. The smallest absolute Gasteiger partial charge is 0.419 e. The number of rotatable bonds is 2. The Morgan fingerprint density at radius 3 is 2.52 bits per heavy atom. The lowest BCUT2D eigenvalue weighted by atomic mass is 9.86. The van der Waals surface area contributed by atoms with Gasteiger partial charge in [0.1, 0.15) is 11.6 Å². The van der Waals surface area contributed by atoms with E-state index < -0.39 is 17.6 Å². The molecule has 0 saturated carbocycles. The summed E-state index contributed by atoms with van der Waals surface area (Å²) in [6.07, 6.45) is -2.21. The van der Waals surface area contributed by atoms with Crippen LogP contribution in [0.4, 0.5) is 17.6 Å². The van der Waals surface area contributed by atoms with Gasteiger partial charge in [0, 0.05) is 11.1 Å². The molecule has 6 heteroatoms. The van der Waals surface area contributed by atoms with Crippen molar-refractivity contribution in [1.82, 2.24) is 0 Å². The Balaban J connectivity index is 2.00. The minimum Gasteiger partial charge on any atom is -0.496 e. The van der Waals surface area contributed by atoms with Crippen molar-refractivity contribution in [3.05, 3.63) is 70.0 Å². The minimum absolute atomic E-state index is 0.247. The Bertz CT molecular complexity index is 866.